The number of hydrogen-bond donors (Lipinski definition) is 0. The lowest BCUT2D eigenvalue weighted by Gasteiger charge is -2.04. The summed E-state index contributed by atoms with van der Waals surface area (Å²) in [6, 6.07) is 0. The number of carbonyl (C=O) groups excluding carboxylic acids is 1. The van der Waals surface area contributed by atoms with E-state index in [1.807, 2.05) is 13.0 Å². The first-order valence-corrected chi connectivity index (χ1v) is 4.43. The van der Waals surface area contributed by atoms with Crippen molar-refractivity contribution in [2.24, 2.45) is 5.92 Å². The molecule has 0 radical (unpaired) electrons. The molecule has 0 aliphatic carbocycles. The highest BCUT2D eigenvalue weighted by molar-refractivity contribution is 5.71. The predicted octanol–water partition coefficient (Wildman–Crippen LogP) is 2.54. The van der Waals surface area contributed by atoms with E-state index < -0.39 is 0 Å². The standard InChI is InChI=1S/C10H18O2/c1-4-5-6-10(11)12-8-7-9(2)3/h4-5,9H,6-8H2,1-3H3. The fraction of sp³-hybridized carbons (Fsp3) is 0.700. The van der Waals surface area contributed by atoms with Crippen LogP contribution >= 0.6 is 0 Å². The van der Waals surface area contributed by atoms with Gasteiger partial charge in [-0.2, -0.15) is 0 Å². The first-order chi connectivity index (χ1) is 5.66. The molecule has 0 bridgehead atoms. The molecule has 12 heavy (non-hydrogen) atoms. The number of esters is 1. The SMILES string of the molecule is CC=CCC(=O)OCCC(C)C. The van der Waals surface area contributed by atoms with Gasteiger partial charge in [0.2, 0.25) is 0 Å². The van der Waals surface area contributed by atoms with Gasteiger partial charge in [0, 0.05) is 0 Å². The van der Waals surface area contributed by atoms with Crippen LogP contribution in [0.25, 0.3) is 0 Å². The van der Waals surface area contributed by atoms with E-state index in [1.165, 1.54) is 0 Å². The summed E-state index contributed by atoms with van der Waals surface area (Å²) in [5.41, 5.74) is 0. The molecule has 2 nitrogen and oxygen atoms in total. The van der Waals surface area contributed by atoms with Crippen LogP contribution in [0.2, 0.25) is 0 Å². The van der Waals surface area contributed by atoms with E-state index in [-0.39, 0.29) is 5.97 Å². The van der Waals surface area contributed by atoms with Crippen LogP contribution in [-0.2, 0) is 9.53 Å². The number of ether oxygens (including phenoxy) is 1. The second-order valence-electron chi connectivity index (χ2n) is 3.18. The topological polar surface area (TPSA) is 26.3 Å². The highest BCUT2D eigenvalue weighted by Crippen LogP contribution is 1.99. The Morgan fingerprint density at radius 3 is 2.67 bits per heavy atom. The first kappa shape index (κ1) is 11.2. The van der Waals surface area contributed by atoms with E-state index in [9.17, 15) is 4.79 Å². The van der Waals surface area contributed by atoms with Crippen LogP contribution in [0.15, 0.2) is 12.2 Å². The molecule has 0 spiro atoms. The molecule has 0 fully saturated rings. The summed E-state index contributed by atoms with van der Waals surface area (Å²) in [4.78, 5) is 10.9. The molecule has 0 aliphatic heterocycles. The van der Waals surface area contributed by atoms with Crippen molar-refractivity contribution in [1.29, 1.82) is 0 Å². The summed E-state index contributed by atoms with van der Waals surface area (Å²) < 4.78 is 4.96. The van der Waals surface area contributed by atoms with Gasteiger partial charge in [0.05, 0.1) is 13.0 Å². The number of hydrogen-bond acceptors (Lipinski definition) is 2. The maximum absolute atomic E-state index is 10.9. The third-order valence-corrected chi connectivity index (χ3v) is 1.48. The third kappa shape index (κ3) is 7.32. The third-order valence-electron chi connectivity index (χ3n) is 1.48. The predicted molar refractivity (Wildman–Crippen MR) is 49.8 cm³/mol. The van der Waals surface area contributed by atoms with E-state index >= 15 is 0 Å². The van der Waals surface area contributed by atoms with E-state index in [1.54, 1.807) is 6.08 Å². The Morgan fingerprint density at radius 2 is 2.17 bits per heavy atom. The number of allylic oxidation sites excluding steroid dienone is 1. The molecule has 0 aromatic carbocycles. The molecule has 2 heteroatoms. The molecule has 0 aromatic rings. The monoisotopic (exact) mass is 170 g/mol. The van der Waals surface area contributed by atoms with Crippen LogP contribution in [0, 0.1) is 5.92 Å². The number of rotatable bonds is 5. The molecule has 0 aliphatic rings. The maximum Gasteiger partial charge on any atom is 0.309 e. The van der Waals surface area contributed by atoms with Crippen molar-refractivity contribution < 1.29 is 9.53 Å². The molecule has 0 saturated carbocycles. The average Bonchev–Trinajstić information content (AvgIpc) is 2.00. The molecular weight excluding hydrogens is 152 g/mol. The second kappa shape index (κ2) is 6.89. The smallest absolute Gasteiger partial charge is 0.309 e. The van der Waals surface area contributed by atoms with Crippen molar-refractivity contribution >= 4 is 5.97 Å². The zero-order valence-corrected chi connectivity index (χ0v) is 8.17. The average molecular weight is 170 g/mol. The van der Waals surface area contributed by atoms with Crippen molar-refractivity contribution in [2.75, 3.05) is 6.61 Å². The minimum Gasteiger partial charge on any atom is -0.465 e. The van der Waals surface area contributed by atoms with E-state index in [0.717, 1.165) is 6.42 Å². The minimum absolute atomic E-state index is 0.131. The quantitative estimate of drug-likeness (QED) is 0.468. The molecule has 70 valence electrons. The van der Waals surface area contributed by atoms with Gasteiger partial charge in [-0.1, -0.05) is 26.0 Å². The van der Waals surface area contributed by atoms with E-state index in [0.29, 0.717) is 18.9 Å². The van der Waals surface area contributed by atoms with Gasteiger partial charge in [-0.3, -0.25) is 4.79 Å². The molecule has 0 N–H and O–H groups in total. The molecular formula is C10H18O2. The molecule has 0 unspecified atom stereocenters. The van der Waals surface area contributed by atoms with Gasteiger partial charge in [0.25, 0.3) is 0 Å². The van der Waals surface area contributed by atoms with Crippen LogP contribution in [0.5, 0.6) is 0 Å². The summed E-state index contributed by atoms with van der Waals surface area (Å²) in [5.74, 6) is 0.466. The largest absolute Gasteiger partial charge is 0.465 e. The Labute approximate surface area is 74.6 Å². The molecule has 0 aromatic heterocycles. The Morgan fingerprint density at radius 1 is 1.50 bits per heavy atom. The van der Waals surface area contributed by atoms with Crippen LogP contribution in [0.4, 0.5) is 0 Å². The van der Waals surface area contributed by atoms with E-state index in [2.05, 4.69) is 13.8 Å². The maximum atomic E-state index is 10.9. The van der Waals surface area contributed by atoms with Crippen molar-refractivity contribution in [3.05, 3.63) is 12.2 Å². The van der Waals surface area contributed by atoms with Crippen LogP contribution in [0.1, 0.15) is 33.6 Å². The fourth-order valence-corrected chi connectivity index (χ4v) is 0.681. The van der Waals surface area contributed by atoms with Gasteiger partial charge in [-0.25, -0.2) is 0 Å². The first-order valence-electron chi connectivity index (χ1n) is 4.43. The molecule has 0 amide bonds. The number of carbonyl (C=O) groups is 1. The normalized spacial score (nSPS) is 11.0. The lowest BCUT2D eigenvalue weighted by molar-refractivity contribution is -0.142. The summed E-state index contributed by atoms with van der Waals surface area (Å²) >= 11 is 0. The van der Waals surface area contributed by atoms with Gasteiger partial charge in [0.1, 0.15) is 0 Å². The second-order valence-corrected chi connectivity index (χ2v) is 3.18. The van der Waals surface area contributed by atoms with Crippen molar-refractivity contribution in [1.82, 2.24) is 0 Å². The zero-order valence-electron chi connectivity index (χ0n) is 8.17. The minimum atomic E-state index is -0.131. The van der Waals surface area contributed by atoms with Crippen molar-refractivity contribution in [2.45, 2.75) is 33.6 Å². The Kier molecular flexibility index (Phi) is 6.44. The molecule has 0 heterocycles. The van der Waals surface area contributed by atoms with Crippen molar-refractivity contribution in [3.8, 4) is 0 Å². The van der Waals surface area contributed by atoms with Gasteiger partial charge in [-0.05, 0) is 19.3 Å². The van der Waals surface area contributed by atoms with Gasteiger partial charge in [0.15, 0.2) is 0 Å². The highest BCUT2D eigenvalue weighted by atomic mass is 16.5. The van der Waals surface area contributed by atoms with Gasteiger partial charge < -0.3 is 4.74 Å². The summed E-state index contributed by atoms with van der Waals surface area (Å²) in [6.07, 6.45) is 5.00. The Balaban J connectivity index is 3.32. The fourth-order valence-electron chi connectivity index (χ4n) is 0.681. The Bertz CT molecular complexity index is 148. The van der Waals surface area contributed by atoms with Gasteiger partial charge in [-0.15, -0.1) is 0 Å². The van der Waals surface area contributed by atoms with Crippen LogP contribution in [-0.4, -0.2) is 12.6 Å². The molecule has 0 atom stereocenters. The molecule has 0 saturated heterocycles. The van der Waals surface area contributed by atoms with Crippen LogP contribution < -0.4 is 0 Å². The Hall–Kier alpha value is -0.790. The van der Waals surface area contributed by atoms with E-state index in [4.69, 9.17) is 4.74 Å². The summed E-state index contributed by atoms with van der Waals surface area (Å²) in [7, 11) is 0. The summed E-state index contributed by atoms with van der Waals surface area (Å²) in [5, 5.41) is 0. The lowest BCUT2D eigenvalue weighted by Crippen LogP contribution is -2.06. The van der Waals surface area contributed by atoms with Crippen LogP contribution in [0.3, 0.4) is 0 Å². The highest BCUT2D eigenvalue weighted by Gasteiger charge is 1.99. The summed E-state index contributed by atoms with van der Waals surface area (Å²) in [6.45, 7) is 6.66. The van der Waals surface area contributed by atoms with Gasteiger partial charge >= 0.3 is 5.97 Å². The lowest BCUT2D eigenvalue weighted by atomic mass is 10.1. The molecule has 0 rings (SSSR count). The zero-order chi connectivity index (χ0) is 9.40. The van der Waals surface area contributed by atoms with Crippen molar-refractivity contribution in [3.63, 3.8) is 0 Å².